The third-order valence-electron chi connectivity index (χ3n) is 5.11. The van der Waals surface area contributed by atoms with Gasteiger partial charge in [-0.25, -0.2) is 9.97 Å². The highest BCUT2D eigenvalue weighted by Gasteiger charge is 2.31. The minimum atomic E-state index is -0.506. The fourth-order valence-corrected chi connectivity index (χ4v) is 3.71. The summed E-state index contributed by atoms with van der Waals surface area (Å²) in [6.07, 6.45) is 7.99. The minimum absolute atomic E-state index is 0.156. The van der Waals surface area contributed by atoms with E-state index in [0.717, 1.165) is 13.0 Å². The normalized spacial score (nSPS) is 21.8. The van der Waals surface area contributed by atoms with Crippen LogP contribution in [0.3, 0.4) is 0 Å². The Balaban J connectivity index is 1.61. The van der Waals surface area contributed by atoms with Crippen molar-refractivity contribution in [2.75, 3.05) is 13.1 Å². The molecule has 1 saturated heterocycles. The molecule has 1 aliphatic carbocycles. The maximum Gasteiger partial charge on any atom is 0.252 e. The molecule has 6 heteroatoms. The van der Waals surface area contributed by atoms with Gasteiger partial charge in [0, 0.05) is 31.6 Å². The van der Waals surface area contributed by atoms with E-state index >= 15 is 0 Å². The lowest BCUT2D eigenvalue weighted by Gasteiger charge is -2.18. The maximum atomic E-state index is 12.4. The standard InChI is InChI=1S/C17H24N4O2/c1-11-14(16(18)23)9-19-17(20-11)13-6-7-21(10-13)15(22)8-12-4-2-3-5-12/h9,12-13H,2-8,10H2,1H3,(H2,18,23)/t13-/m0/s1. The first-order chi connectivity index (χ1) is 11.0. The zero-order valence-electron chi connectivity index (χ0n) is 13.6. The highest BCUT2D eigenvalue weighted by Crippen LogP contribution is 2.30. The van der Waals surface area contributed by atoms with E-state index in [-0.39, 0.29) is 11.8 Å². The Kier molecular flexibility index (Phi) is 4.59. The van der Waals surface area contributed by atoms with Crippen molar-refractivity contribution >= 4 is 11.8 Å². The zero-order valence-corrected chi connectivity index (χ0v) is 13.6. The van der Waals surface area contributed by atoms with Crippen LogP contribution in [0.15, 0.2) is 6.20 Å². The molecular weight excluding hydrogens is 292 g/mol. The average Bonchev–Trinajstić information content (AvgIpc) is 3.17. The number of carbonyl (C=O) groups excluding carboxylic acids is 2. The third-order valence-corrected chi connectivity index (χ3v) is 5.11. The summed E-state index contributed by atoms with van der Waals surface area (Å²) in [6, 6.07) is 0. The Morgan fingerprint density at radius 1 is 1.30 bits per heavy atom. The summed E-state index contributed by atoms with van der Waals surface area (Å²) < 4.78 is 0. The van der Waals surface area contributed by atoms with E-state index in [1.807, 2.05) is 4.90 Å². The minimum Gasteiger partial charge on any atom is -0.365 e. The van der Waals surface area contributed by atoms with Gasteiger partial charge < -0.3 is 10.6 Å². The number of hydrogen-bond acceptors (Lipinski definition) is 4. The van der Waals surface area contributed by atoms with Crippen molar-refractivity contribution in [2.45, 2.75) is 51.4 Å². The summed E-state index contributed by atoms with van der Waals surface area (Å²) in [6.45, 7) is 3.22. The molecule has 1 saturated carbocycles. The smallest absolute Gasteiger partial charge is 0.252 e. The van der Waals surface area contributed by atoms with Crippen LogP contribution in [0.1, 0.15) is 66.3 Å². The largest absolute Gasteiger partial charge is 0.365 e. The molecular formula is C17H24N4O2. The highest BCUT2D eigenvalue weighted by atomic mass is 16.2. The van der Waals surface area contributed by atoms with Crippen LogP contribution >= 0.6 is 0 Å². The lowest BCUT2D eigenvalue weighted by Crippen LogP contribution is -2.30. The Morgan fingerprint density at radius 2 is 2.04 bits per heavy atom. The average molecular weight is 316 g/mol. The number of likely N-dealkylation sites (tertiary alicyclic amines) is 1. The van der Waals surface area contributed by atoms with Gasteiger partial charge in [0.2, 0.25) is 5.91 Å². The van der Waals surface area contributed by atoms with E-state index in [4.69, 9.17) is 5.73 Å². The number of aromatic nitrogens is 2. The quantitative estimate of drug-likeness (QED) is 0.917. The first kappa shape index (κ1) is 15.9. The highest BCUT2D eigenvalue weighted by molar-refractivity contribution is 5.93. The molecule has 124 valence electrons. The Labute approximate surface area is 136 Å². The van der Waals surface area contributed by atoms with Crippen LogP contribution in [0.5, 0.6) is 0 Å². The Hall–Kier alpha value is -1.98. The van der Waals surface area contributed by atoms with Crippen molar-refractivity contribution in [3.8, 4) is 0 Å². The second-order valence-electron chi connectivity index (χ2n) is 6.77. The van der Waals surface area contributed by atoms with Gasteiger partial charge >= 0.3 is 0 Å². The summed E-state index contributed by atoms with van der Waals surface area (Å²) in [5.74, 6) is 1.21. The van der Waals surface area contributed by atoms with Crippen molar-refractivity contribution in [3.63, 3.8) is 0 Å². The second kappa shape index (κ2) is 6.64. The van der Waals surface area contributed by atoms with Crippen LogP contribution in [0.25, 0.3) is 0 Å². The molecule has 2 heterocycles. The molecule has 3 rings (SSSR count). The SMILES string of the molecule is Cc1nc([C@H]2CCN(C(=O)CC3CCCC3)C2)ncc1C(N)=O. The van der Waals surface area contributed by atoms with Crippen molar-refractivity contribution in [2.24, 2.45) is 11.7 Å². The monoisotopic (exact) mass is 316 g/mol. The summed E-state index contributed by atoms with van der Waals surface area (Å²) in [7, 11) is 0. The number of aryl methyl sites for hydroxylation is 1. The molecule has 23 heavy (non-hydrogen) atoms. The van der Waals surface area contributed by atoms with Crippen LogP contribution in [0, 0.1) is 12.8 Å². The van der Waals surface area contributed by atoms with Crippen LogP contribution in [0.4, 0.5) is 0 Å². The number of nitrogens with zero attached hydrogens (tertiary/aromatic N) is 3. The summed E-state index contributed by atoms with van der Waals surface area (Å²) in [4.78, 5) is 34.3. The molecule has 0 bridgehead atoms. The van der Waals surface area contributed by atoms with E-state index in [9.17, 15) is 9.59 Å². The molecule has 2 fully saturated rings. The van der Waals surface area contributed by atoms with E-state index in [1.165, 1.54) is 31.9 Å². The van der Waals surface area contributed by atoms with Gasteiger partial charge in [-0.2, -0.15) is 0 Å². The van der Waals surface area contributed by atoms with E-state index in [0.29, 0.717) is 36.0 Å². The summed E-state index contributed by atoms with van der Waals surface area (Å²) >= 11 is 0. The van der Waals surface area contributed by atoms with Crippen molar-refractivity contribution < 1.29 is 9.59 Å². The van der Waals surface area contributed by atoms with Crippen LogP contribution < -0.4 is 5.73 Å². The van der Waals surface area contributed by atoms with Crippen LogP contribution in [-0.2, 0) is 4.79 Å². The lowest BCUT2D eigenvalue weighted by atomic mass is 10.0. The third kappa shape index (κ3) is 3.51. The number of hydrogen-bond donors (Lipinski definition) is 1. The molecule has 2 amide bonds. The van der Waals surface area contributed by atoms with Crippen LogP contribution in [-0.4, -0.2) is 39.8 Å². The Bertz CT molecular complexity index is 611. The van der Waals surface area contributed by atoms with E-state index in [1.54, 1.807) is 6.92 Å². The number of primary amides is 1. The zero-order chi connectivity index (χ0) is 16.4. The molecule has 1 aliphatic heterocycles. The lowest BCUT2D eigenvalue weighted by molar-refractivity contribution is -0.131. The molecule has 1 aromatic heterocycles. The number of rotatable bonds is 4. The van der Waals surface area contributed by atoms with Crippen LogP contribution in [0.2, 0.25) is 0 Å². The van der Waals surface area contributed by atoms with E-state index in [2.05, 4.69) is 9.97 Å². The van der Waals surface area contributed by atoms with Gasteiger partial charge in [-0.1, -0.05) is 12.8 Å². The fraction of sp³-hybridized carbons (Fsp3) is 0.647. The molecule has 6 nitrogen and oxygen atoms in total. The van der Waals surface area contributed by atoms with Gasteiger partial charge in [-0.05, 0) is 32.1 Å². The number of amides is 2. The molecule has 0 unspecified atom stereocenters. The molecule has 2 N–H and O–H groups in total. The first-order valence-electron chi connectivity index (χ1n) is 8.45. The molecule has 1 atom stereocenters. The molecule has 0 spiro atoms. The molecule has 2 aliphatic rings. The Morgan fingerprint density at radius 3 is 2.70 bits per heavy atom. The van der Waals surface area contributed by atoms with Crippen molar-refractivity contribution in [3.05, 3.63) is 23.3 Å². The molecule has 0 radical (unpaired) electrons. The molecule has 1 aromatic rings. The predicted octanol–water partition coefficient (Wildman–Crippen LogP) is 1.78. The van der Waals surface area contributed by atoms with E-state index < -0.39 is 5.91 Å². The summed E-state index contributed by atoms with van der Waals surface area (Å²) in [5.41, 5.74) is 6.26. The predicted molar refractivity (Wildman–Crippen MR) is 85.8 cm³/mol. The van der Waals surface area contributed by atoms with Gasteiger partial charge in [0.25, 0.3) is 5.91 Å². The number of carbonyl (C=O) groups is 2. The van der Waals surface area contributed by atoms with Gasteiger partial charge in [-0.15, -0.1) is 0 Å². The number of nitrogens with two attached hydrogens (primary N) is 1. The summed E-state index contributed by atoms with van der Waals surface area (Å²) in [5, 5.41) is 0. The first-order valence-corrected chi connectivity index (χ1v) is 8.45. The topological polar surface area (TPSA) is 89.2 Å². The van der Waals surface area contributed by atoms with Gasteiger partial charge in [-0.3, -0.25) is 9.59 Å². The second-order valence-corrected chi connectivity index (χ2v) is 6.77. The van der Waals surface area contributed by atoms with Gasteiger partial charge in [0.05, 0.1) is 11.3 Å². The maximum absolute atomic E-state index is 12.4. The van der Waals surface area contributed by atoms with Gasteiger partial charge in [0.1, 0.15) is 5.82 Å². The van der Waals surface area contributed by atoms with Crippen molar-refractivity contribution in [1.29, 1.82) is 0 Å². The fourth-order valence-electron chi connectivity index (χ4n) is 3.71. The van der Waals surface area contributed by atoms with Gasteiger partial charge in [0.15, 0.2) is 0 Å². The molecule has 0 aromatic carbocycles. The van der Waals surface area contributed by atoms with Crippen molar-refractivity contribution in [1.82, 2.24) is 14.9 Å².